The number of hydrogen-bond acceptors (Lipinski definition) is 2. The van der Waals surface area contributed by atoms with Crippen molar-refractivity contribution in [1.82, 2.24) is 10.2 Å². The number of nitrogens with zero attached hydrogens (tertiary/aromatic N) is 1. The van der Waals surface area contributed by atoms with Gasteiger partial charge in [0.1, 0.15) is 0 Å². The average molecular weight is 168 g/mol. The first-order chi connectivity index (χ1) is 5.85. The Morgan fingerprint density at radius 1 is 1.42 bits per heavy atom. The standard InChI is InChI=1S/C10H20N2/c1-4-9-12(6-3)10-7-8-11-5-2/h1,11H,5-10H2,2-3H3. The van der Waals surface area contributed by atoms with Gasteiger partial charge in [-0.3, -0.25) is 4.90 Å². The molecule has 1 N–H and O–H groups in total. The topological polar surface area (TPSA) is 15.3 Å². The van der Waals surface area contributed by atoms with Crippen LogP contribution in [0.5, 0.6) is 0 Å². The molecule has 0 aromatic carbocycles. The lowest BCUT2D eigenvalue weighted by atomic mass is 10.3. The lowest BCUT2D eigenvalue weighted by Crippen LogP contribution is -2.27. The van der Waals surface area contributed by atoms with Crippen molar-refractivity contribution in [2.45, 2.75) is 20.3 Å². The highest BCUT2D eigenvalue weighted by Crippen LogP contribution is 1.88. The number of terminal acetylenes is 1. The maximum atomic E-state index is 5.23. The molecular formula is C10H20N2. The molecule has 0 spiro atoms. The van der Waals surface area contributed by atoms with Crippen molar-refractivity contribution in [3.63, 3.8) is 0 Å². The fourth-order valence-electron chi connectivity index (χ4n) is 1.08. The first-order valence-corrected chi connectivity index (χ1v) is 4.71. The fraction of sp³-hybridized carbons (Fsp3) is 0.800. The molecule has 0 atom stereocenters. The smallest absolute Gasteiger partial charge is 0.0598 e. The molecule has 0 aliphatic heterocycles. The van der Waals surface area contributed by atoms with E-state index in [0.717, 1.165) is 32.7 Å². The van der Waals surface area contributed by atoms with Crippen LogP contribution in [0.3, 0.4) is 0 Å². The molecule has 0 heterocycles. The Labute approximate surface area is 76.3 Å². The second-order valence-electron chi connectivity index (χ2n) is 2.78. The molecule has 70 valence electrons. The highest BCUT2D eigenvalue weighted by molar-refractivity contribution is 4.87. The quantitative estimate of drug-likeness (QED) is 0.449. The van der Waals surface area contributed by atoms with Gasteiger partial charge in [-0.05, 0) is 26.1 Å². The minimum Gasteiger partial charge on any atom is -0.317 e. The number of nitrogens with one attached hydrogen (secondary N) is 1. The van der Waals surface area contributed by atoms with Gasteiger partial charge in [-0.1, -0.05) is 19.8 Å². The van der Waals surface area contributed by atoms with Crippen LogP contribution in [0.1, 0.15) is 20.3 Å². The van der Waals surface area contributed by atoms with Crippen LogP contribution in [0.4, 0.5) is 0 Å². The zero-order chi connectivity index (χ0) is 9.23. The van der Waals surface area contributed by atoms with Crippen LogP contribution < -0.4 is 5.32 Å². The SMILES string of the molecule is C#CCN(CC)CCCNCC. The molecule has 0 radical (unpaired) electrons. The minimum absolute atomic E-state index is 0.780. The van der Waals surface area contributed by atoms with E-state index in [9.17, 15) is 0 Å². The van der Waals surface area contributed by atoms with E-state index in [0.29, 0.717) is 0 Å². The Hall–Kier alpha value is -0.520. The molecule has 0 fully saturated rings. The van der Waals surface area contributed by atoms with Gasteiger partial charge in [0.25, 0.3) is 0 Å². The summed E-state index contributed by atoms with van der Waals surface area (Å²) in [6.45, 7) is 9.36. The van der Waals surface area contributed by atoms with E-state index in [-0.39, 0.29) is 0 Å². The Balaban J connectivity index is 3.26. The molecule has 2 heteroatoms. The summed E-state index contributed by atoms with van der Waals surface area (Å²) in [6.07, 6.45) is 6.41. The van der Waals surface area contributed by atoms with Crippen molar-refractivity contribution in [1.29, 1.82) is 0 Å². The van der Waals surface area contributed by atoms with E-state index in [1.165, 1.54) is 6.42 Å². The highest BCUT2D eigenvalue weighted by atomic mass is 15.1. The molecule has 0 aliphatic carbocycles. The number of rotatable bonds is 7. The van der Waals surface area contributed by atoms with Gasteiger partial charge in [0, 0.05) is 6.54 Å². The zero-order valence-corrected chi connectivity index (χ0v) is 8.27. The van der Waals surface area contributed by atoms with Gasteiger partial charge < -0.3 is 5.32 Å². The Kier molecular flexibility index (Phi) is 8.20. The monoisotopic (exact) mass is 168 g/mol. The van der Waals surface area contributed by atoms with Gasteiger partial charge >= 0.3 is 0 Å². The van der Waals surface area contributed by atoms with Gasteiger partial charge in [-0.15, -0.1) is 6.42 Å². The molecule has 0 saturated carbocycles. The predicted molar refractivity (Wildman–Crippen MR) is 54.1 cm³/mol. The highest BCUT2D eigenvalue weighted by Gasteiger charge is 1.97. The van der Waals surface area contributed by atoms with Crippen LogP contribution in [0.25, 0.3) is 0 Å². The first-order valence-electron chi connectivity index (χ1n) is 4.71. The van der Waals surface area contributed by atoms with Gasteiger partial charge in [0.05, 0.1) is 6.54 Å². The Bertz CT molecular complexity index is 126. The van der Waals surface area contributed by atoms with E-state index in [2.05, 4.69) is 30.0 Å². The molecule has 0 rings (SSSR count). The summed E-state index contributed by atoms with van der Waals surface area (Å²) in [5.41, 5.74) is 0. The lowest BCUT2D eigenvalue weighted by molar-refractivity contribution is 0.317. The summed E-state index contributed by atoms with van der Waals surface area (Å²) in [5.74, 6) is 2.67. The normalized spacial score (nSPS) is 10.2. The van der Waals surface area contributed by atoms with E-state index < -0.39 is 0 Å². The van der Waals surface area contributed by atoms with Gasteiger partial charge in [-0.25, -0.2) is 0 Å². The van der Waals surface area contributed by atoms with Crippen LogP contribution in [0.15, 0.2) is 0 Å². The molecule has 0 unspecified atom stereocenters. The minimum atomic E-state index is 0.780. The van der Waals surface area contributed by atoms with Crippen LogP contribution in [0, 0.1) is 12.3 Å². The zero-order valence-electron chi connectivity index (χ0n) is 8.27. The van der Waals surface area contributed by atoms with Gasteiger partial charge in [0.15, 0.2) is 0 Å². The summed E-state index contributed by atoms with van der Waals surface area (Å²) in [5, 5.41) is 3.29. The molecule has 2 nitrogen and oxygen atoms in total. The molecular weight excluding hydrogens is 148 g/mol. The molecule has 12 heavy (non-hydrogen) atoms. The lowest BCUT2D eigenvalue weighted by Gasteiger charge is -2.16. The predicted octanol–water partition coefficient (Wildman–Crippen LogP) is 0.941. The summed E-state index contributed by atoms with van der Waals surface area (Å²) in [7, 11) is 0. The van der Waals surface area contributed by atoms with Crippen LogP contribution in [-0.2, 0) is 0 Å². The fourth-order valence-corrected chi connectivity index (χ4v) is 1.08. The van der Waals surface area contributed by atoms with Crippen LogP contribution >= 0.6 is 0 Å². The third-order valence-corrected chi connectivity index (χ3v) is 1.84. The Morgan fingerprint density at radius 2 is 2.17 bits per heavy atom. The number of hydrogen-bond donors (Lipinski definition) is 1. The molecule has 0 aromatic rings. The third kappa shape index (κ3) is 6.21. The van der Waals surface area contributed by atoms with Crippen molar-refractivity contribution in [3.8, 4) is 12.3 Å². The summed E-state index contributed by atoms with van der Waals surface area (Å²) in [6, 6.07) is 0. The van der Waals surface area contributed by atoms with E-state index in [1.54, 1.807) is 0 Å². The molecule has 0 aromatic heterocycles. The van der Waals surface area contributed by atoms with E-state index in [1.807, 2.05) is 0 Å². The molecule has 0 aliphatic rings. The molecule has 0 bridgehead atoms. The average Bonchev–Trinajstić information content (AvgIpc) is 2.10. The van der Waals surface area contributed by atoms with Crippen molar-refractivity contribution in [2.24, 2.45) is 0 Å². The molecule has 0 amide bonds. The van der Waals surface area contributed by atoms with Crippen molar-refractivity contribution >= 4 is 0 Å². The summed E-state index contributed by atoms with van der Waals surface area (Å²) in [4.78, 5) is 2.28. The van der Waals surface area contributed by atoms with Crippen LogP contribution in [0.2, 0.25) is 0 Å². The van der Waals surface area contributed by atoms with E-state index in [4.69, 9.17) is 6.42 Å². The summed E-state index contributed by atoms with van der Waals surface area (Å²) < 4.78 is 0. The summed E-state index contributed by atoms with van der Waals surface area (Å²) >= 11 is 0. The van der Waals surface area contributed by atoms with Crippen molar-refractivity contribution in [3.05, 3.63) is 0 Å². The Morgan fingerprint density at radius 3 is 2.67 bits per heavy atom. The van der Waals surface area contributed by atoms with E-state index >= 15 is 0 Å². The van der Waals surface area contributed by atoms with Crippen molar-refractivity contribution in [2.75, 3.05) is 32.7 Å². The maximum absolute atomic E-state index is 5.23. The van der Waals surface area contributed by atoms with Crippen molar-refractivity contribution < 1.29 is 0 Å². The van der Waals surface area contributed by atoms with Crippen LogP contribution in [-0.4, -0.2) is 37.6 Å². The van der Waals surface area contributed by atoms with Gasteiger partial charge in [-0.2, -0.15) is 0 Å². The maximum Gasteiger partial charge on any atom is 0.0598 e. The largest absolute Gasteiger partial charge is 0.317 e. The third-order valence-electron chi connectivity index (χ3n) is 1.84. The molecule has 0 saturated heterocycles. The first kappa shape index (κ1) is 11.5. The van der Waals surface area contributed by atoms with Gasteiger partial charge in [0.2, 0.25) is 0 Å². The second-order valence-corrected chi connectivity index (χ2v) is 2.78. The second kappa shape index (κ2) is 8.58.